The van der Waals surface area contributed by atoms with Gasteiger partial charge in [0.1, 0.15) is 11.5 Å². The molecule has 1 fully saturated rings. The van der Waals surface area contributed by atoms with Crippen LogP contribution < -0.4 is 4.74 Å². The molecule has 4 heteroatoms. The predicted octanol–water partition coefficient (Wildman–Crippen LogP) is 4.57. The summed E-state index contributed by atoms with van der Waals surface area (Å²) in [5.74, 6) is 2.14. The van der Waals surface area contributed by atoms with Crippen molar-refractivity contribution < 1.29 is 9.47 Å². The molecule has 1 atom stereocenters. The molecular formula is C19H22ClNO2. The van der Waals surface area contributed by atoms with Crippen molar-refractivity contribution in [2.45, 2.75) is 12.8 Å². The van der Waals surface area contributed by atoms with Crippen LogP contribution in [0.4, 0.5) is 0 Å². The molecule has 3 nitrogen and oxygen atoms in total. The highest BCUT2D eigenvalue weighted by atomic mass is 35.5. The van der Waals surface area contributed by atoms with Crippen LogP contribution in [-0.4, -0.2) is 37.7 Å². The third kappa shape index (κ3) is 4.71. The summed E-state index contributed by atoms with van der Waals surface area (Å²) in [6, 6.07) is 15.8. The Morgan fingerprint density at radius 1 is 1.00 bits per heavy atom. The Hall–Kier alpha value is -1.55. The molecule has 0 bridgehead atoms. The molecule has 1 unspecified atom stereocenters. The number of benzene rings is 2. The predicted molar refractivity (Wildman–Crippen MR) is 93.6 cm³/mol. The summed E-state index contributed by atoms with van der Waals surface area (Å²) in [4.78, 5) is 2.46. The van der Waals surface area contributed by atoms with E-state index in [4.69, 9.17) is 21.1 Å². The number of rotatable bonds is 5. The zero-order valence-corrected chi connectivity index (χ0v) is 14.1. The number of hydrogen-bond acceptors (Lipinski definition) is 3. The summed E-state index contributed by atoms with van der Waals surface area (Å²) < 4.78 is 11.2. The third-order valence-corrected chi connectivity index (χ3v) is 4.39. The molecule has 23 heavy (non-hydrogen) atoms. The van der Waals surface area contributed by atoms with Crippen LogP contribution in [0.25, 0.3) is 0 Å². The Balaban J connectivity index is 1.58. The van der Waals surface area contributed by atoms with Gasteiger partial charge in [0.05, 0.1) is 13.2 Å². The number of morpholine rings is 1. The van der Waals surface area contributed by atoms with E-state index in [1.165, 1.54) is 5.56 Å². The maximum atomic E-state index is 5.88. The molecule has 0 spiro atoms. The van der Waals surface area contributed by atoms with Crippen molar-refractivity contribution in [2.75, 3.05) is 32.8 Å². The zero-order valence-electron chi connectivity index (χ0n) is 13.4. The molecule has 1 aliphatic heterocycles. The van der Waals surface area contributed by atoms with Crippen LogP contribution in [0, 0.1) is 0 Å². The second-order valence-electron chi connectivity index (χ2n) is 5.94. The van der Waals surface area contributed by atoms with Crippen LogP contribution in [-0.2, 0) is 4.74 Å². The van der Waals surface area contributed by atoms with Gasteiger partial charge in [-0.25, -0.2) is 0 Å². The number of nitrogens with zero attached hydrogens (tertiary/aromatic N) is 1. The number of hydrogen-bond donors (Lipinski definition) is 0. The molecule has 1 heterocycles. The van der Waals surface area contributed by atoms with Gasteiger partial charge in [-0.2, -0.15) is 0 Å². The van der Waals surface area contributed by atoms with Gasteiger partial charge in [0, 0.05) is 24.7 Å². The van der Waals surface area contributed by atoms with Gasteiger partial charge < -0.3 is 9.47 Å². The van der Waals surface area contributed by atoms with Crippen molar-refractivity contribution in [3.63, 3.8) is 0 Å². The molecule has 1 aliphatic rings. The fourth-order valence-corrected chi connectivity index (χ4v) is 2.91. The molecule has 0 radical (unpaired) electrons. The van der Waals surface area contributed by atoms with Gasteiger partial charge in [-0.05, 0) is 47.9 Å². The van der Waals surface area contributed by atoms with Gasteiger partial charge in [-0.15, -0.1) is 0 Å². The van der Waals surface area contributed by atoms with Crippen LogP contribution in [0.15, 0.2) is 48.5 Å². The SMILES string of the molecule is CC(CN1CCOCC1)c1ccc(Oc2ccc(Cl)cc2)cc1. The first kappa shape index (κ1) is 16.3. The summed E-state index contributed by atoms with van der Waals surface area (Å²) in [5, 5.41) is 0.713. The fraction of sp³-hybridized carbons (Fsp3) is 0.368. The van der Waals surface area contributed by atoms with Gasteiger partial charge in [0.2, 0.25) is 0 Å². The Bertz CT molecular complexity index is 606. The van der Waals surface area contributed by atoms with Crippen molar-refractivity contribution in [1.29, 1.82) is 0 Å². The highest BCUT2D eigenvalue weighted by Crippen LogP contribution is 2.25. The molecule has 0 aromatic heterocycles. The molecule has 0 N–H and O–H groups in total. The third-order valence-electron chi connectivity index (χ3n) is 4.13. The normalized spacial score (nSPS) is 17.0. The van der Waals surface area contributed by atoms with Gasteiger partial charge in [0.15, 0.2) is 0 Å². The van der Waals surface area contributed by atoms with Crippen molar-refractivity contribution in [1.82, 2.24) is 4.90 Å². The number of halogens is 1. The van der Waals surface area contributed by atoms with Crippen molar-refractivity contribution in [3.8, 4) is 11.5 Å². The minimum Gasteiger partial charge on any atom is -0.457 e. The maximum Gasteiger partial charge on any atom is 0.127 e. The molecule has 0 aliphatic carbocycles. The molecule has 2 aromatic rings. The van der Waals surface area contributed by atoms with E-state index in [0.29, 0.717) is 10.9 Å². The average molecular weight is 332 g/mol. The standard InChI is InChI=1S/C19H22ClNO2/c1-15(14-21-10-12-22-13-11-21)16-2-6-18(7-3-16)23-19-8-4-17(20)5-9-19/h2-9,15H,10-14H2,1H3. The van der Waals surface area contributed by atoms with Crippen LogP contribution in [0.3, 0.4) is 0 Å². The summed E-state index contributed by atoms with van der Waals surface area (Å²) in [6.07, 6.45) is 0. The van der Waals surface area contributed by atoms with E-state index >= 15 is 0 Å². The van der Waals surface area contributed by atoms with E-state index in [-0.39, 0.29) is 0 Å². The monoisotopic (exact) mass is 331 g/mol. The molecule has 122 valence electrons. The van der Waals surface area contributed by atoms with E-state index in [1.807, 2.05) is 36.4 Å². The van der Waals surface area contributed by atoms with E-state index in [9.17, 15) is 0 Å². The molecule has 0 saturated carbocycles. The fourth-order valence-electron chi connectivity index (χ4n) is 2.78. The highest BCUT2D eigenvalue weighted by Gasteiger charge is 2.14. The lowest BCUT2D eigenvalue weighted by atomic mass is 10.0. The van der Waals surface area contributed by atoms with Crippen LogP contribution in [0.5, 0.6) is 11.5 Å². The smallest absolute Gasteiger partial charge is 0.127 e. The van der Waals surface area contributed by atoms with Crippen molar-refractivity contribution >= 4 is 11.6 Å². The summed E-state index contributed by atoms with van der Waals surface area (Å²) >= 11 is 5.88. The first-order valence-corrected chi connectivity index (χ1v) is 8.42. The van der Waals surface area contributed by atoms with E-state index in [1.54, 1.807) is 0 Å². The molecule has 1 saturated heterocycles. The Kier molecular flexibility index (Phi) is 5.55. The summed E-state index contributed by atoms with van der Waals surface area (Å²) in [7, 11) is 0. The van der Waals surface area contributed by atoms with E-state index in [2.05, 4.69) is 24.0 Å². The lowest BCUT2D eigenvalue weighted by Crippen LogP contribution is -2.38. The molecular weight excluding hydrogens is 310 g/mol. The molecule has 2 aromatic carbocycles. The van der Waals surface area contributed by atoms with Crippen LogP contribution in [0.1, 0.15) is 18.4 Å². The van der Waals surface area contributed by atoms with Crippen molar-refractivity contribution in [2.24, 2.45) is 0 Å². The average Bonchev–Trinajstić information content (AvgIpc) is 2.58. The van der Waals surface area contributed by atoms with Crippen LogP contribution in [0.2, 0.25) is 5.02 Å². The van der Waals surface area contributed by atoms with Gasteiger partial charge in [0.25, 0.3) is 0 Å². The Morgan fingerprint density at radius 3 is 2.17 bits per heavy atom. The lowest BCUT2D eigenvalue weighted by Gasteiger charge is -2.29. The first-order valence-electron chi connectivity index (χ1n) is 8.04. The first-order chi connectivity index (χ1) is 11.2. The second kappa shape index (κ2) is 7.82. The molecule has 3 rings (SSSR count). The largest absolute Gasteiger partial charge is 0.457 e. The second-order valence-corrected chi connectivity index (χ2v) is 6.38. The van der Waals surface area contributed by atoms with Gasteiger partial charge in [-0.1, -0.05) is 30.7 Å². The summed E-state index contributed by atoms with van der Waals surface area (Å²) in [6.45, 7) is 7.09. The molecule has 0 amide bonds. The minimum absolute atomic E-state index is 0.498. The van der Waals surface area contributed by atoms with Crippen molar-refractivity contribution in [3.05, 3.63) is 59.1 Å². The summed E-state index contributed by atoms with van der Waals surface area (Å²) in [5.41, 5.74) is 1.33. The highest BCUT2D eigenvalue weighted by molar-refractivity contribution is 6.30. The maximum absolute atomic E-state index is 5.88. The Labute approximate surface area is 142 Å². The minimum atomic E-state index is 0.498. The van der Waals surface area contributed by atoms with Gasteiger partial charge in [-0.3, -0.25) is 4.90 Å². The topological polar surface area (TPSA) is 21.7 Å². The van der Waals surface area contributed by atoms with E-state index < -0.39 is 0 Å². The lowest BCUT2D eigenvalue weighted by molar-refractivity contribution is 0.0357. The zero-order chi connectivity index (χ0) is 16.1. The van der Waals surface area contributed by atoms with E-state index in [0.717, 1.165) is 44.3 Å². The number of ether oxygens (including phenoxy) is 2. The quantitative estimate of drug-likeness (QED) is 0.801. The van der Waals surface area contributed by atoms with Gasteiger partial charge >= 0.3 is 0 Å². The Morgan fingerprint density at radius 2 is 1.57 bits per heavy atom. The van der Waals surface area contributed by atoms with Crippen LogP contribution >= 0.6 is 11.6 Å².